The molecule has 0 aliphatic carbocycles. The molecular formula is C13H15N3O3. The summed E-state index contributed by atoms with van der Waals surface area (Å²) in [5.74, 6) is 0.136. The van der Waals surface area contributed by atoms with Crippen molar-refractivity contribution in [2.75, 3.05) is 18.0 Å². The van der Waals surface area contributed by atoms with Crippen molar-refractivity contribution in [3.05, 3.63) is 33.9 Å². The molecule has 1 aromatic rings. The predicted octanol–water partition coefficient (Wildman–Crippen LogP) is 1.67. The fourth-order valence-electron chi connectivity index (χ4n) is 2.12. The Bertz CT molecular complexity index is 557. The summed E-state index contributed by atoms with van der Waals surface area (Å²) in [6, 6.07) is 6.31. The Balaban J connectivity index is 2.23. The molecule has 0 aromatic heterocycles. The second-order valence-corrected chi connectivity index (χ2v) is 5.18. The maximum Gasteiger partial charge on any atom is 0.289 e. The molecule has 6 heteroatoms. The normalized spacial score (nSPS) is 16.9. The molecule has 0 bridgehead atoms. The average molecular weight is 261 g/mol. The van der Waals surface area contributed by atoms with E-state index >= 15 is 0 Å². The van der Waals surface area contributed by atoms with Crippen molar-refractivity contribution in [2.24, 2.45) is 5.92 Å². The smallest absolute Gasteiger partial charge is 0.289 e. The number of β-amino-alcohol motifs (C(OH)–C–C–N with tert-alkyl or cyclic N) is 1. The number of benzene rings is 1. The summed E-state index contributed by atoms with van der Waals surface area (Å²) in [6.07, 6.45) is 0. The summed E-state index contributed by atoms with van der Waals surface area (Å²) < 4.78 is 0. The maximum absolute atomic E-state index is 10.9. The highest BCUT2D eigenvalue weighted by molar-refractivity contribution is 5.61. The predicted molar refractivity (Wildman–Crippen MR) is 69.8 cm³/mol. The van der Waals surface area contributed by atoms with Crippen molar-refractivity contribution in [1.82, 2.24) is 0 Å². The molecule has 1 heterocycles. The van der Waals surface area contributed by atoms with Crippen molar-refractivity contribution in [1.29, 1.82) is 5.26 Å². The van der Waals surface area contributed by atoms with Crippen molar-refractivity contribution in [3.63, 3.8) is 0 Å². The van der Waals surface area contributed by atoms with Gasteiger partial charge in [0.1, 0.15) is 17.2 Å². The number of hydrogen-bond acceptors (Lipinski definition) is 5. The summed E-state index contributed by atoms with van der Waals surface area (Å²) in [7, 11) is 0. The van der Waals surface area contributed by atoms with Crippen LogP contribution in [0.3, 0.4) is 0 Å². The molecule has 0 atom stereocenters. The van der Waals surface area contributed by atoms with Crippen LogP contribution in [0, 0.1) is 27.4 Å². The number of nitro groups is 1. The fourth-order valence-corrected chi connectivity index (χ4v) is 2.12. The van der Waals surface area contributed by atoms with E-state index in [1.54, 1.807) is 12.1 Å². The monoisotopic (exact) mass is 261 g/mol. The molecule has 19 heavy (non-hydrogen) atoms. The Morgan fingerprint density at radius 3 is 2.63 bits per heavy atom. The molecule has 1 N–H and O–H groups in total. The van der Waals surface area contributed by atoms with Crippen LogP contribution < -0.4 is 4.90 Å². The van der Waals surface area contributed by atoms with Crippen LogP contribution in [0.4, 0.5) is 11.4 Å². The largest absolute Gasteiger partial charge is 0.386 e. The lowest BCUT2D eigenvalue weighted by Gasteiger charge is -2.50. The van der Waals surface area contributed by atoms with Gasteiger partial charge in [0.05, 0.1) is 4.92 Å². The molecule has 2 rings (SSSR count). The van der Waals surface area contributed by atoms with Crippen LogP contribution >= 0.6 is 0 Å². The van der Waals surface area contributed by atoms with Gasteiger partial charge in [-0.15, -0.1) is 0 Å². The van der Waals surface area contributed by atoms with E-state index in [2.05, 4.69) is 0 Å². The molecule has 1 fully saturated rings. The van der Waals surface area contributed by atoms with Gasteiger partial charge in [0, 0.05) is 24.8 Å². The van der Waals surface area contributed by atoms with Gasteiger partial charge < -0.3 is 10.0 Å². The Kier molecular flexibility index (Phi) is 3.16. The maximum atomic E-state index is 10.9. The van der Waals surface area contributed by atoms with E-state index in [0.717, 1.165) is 0 Å². The molecule has 0 unspecified atom stereocenters. The number of nitro benzene ring substituents is 1. The molecule has 100 valence electrons. The van der Waals surface area contributed by atoms with Gasteiger partial charge in [-0.25, -0.2) is 0 Å². The van der Waals surface area contributed by atoms with Crippen LogP contribution in [-0.2, 0) is 0 Å². The lowest BCUT2D eigenvalue weighted by Crippen LogP contribution is -2.64. The summed E-state index contributed by atoms with van der Waals surface area (Å²) in [4.78, 5) is 12.2. The summed E-state index contributed by atoms with van der Waals surface area (Å²) in [5.41, 5.74) is -0.215. The standard InChI is InChI=1S/C13H15N3O3/c1-9(2)13(17)7-15(8-13)11-4-3-10(6-14)12(5-11)16(18)19/h3-5,9,17H,7-8H2,1-2H3. The topological polar surface area (TPSA) is 90.4 Å². The quantitative estimate of drug-likeness (QED) is 0.660. The van der Waals surface area contributed by atoms with Crippen LogP contribution in [0.2, 0.25) is 0 Å². The molecule has 0 saturated carbocycles. The molecule has 0 radical (unpaired) electrons. The van der Waals surface area contributed by atoms with E-state index in [1.807, 2.05) is 18.7 Å². The Morgan fingerprint density at radius 2 is 2.16 bits per heavy atom. The third-order valence-corrected chi connectivity index (χ3v) is 3.67. The lowest BCUT2D eigenvalue weighted by atomic mass is 9.82. The summed E-state index contributed by atoms with van der Waals surface area (Å²) in [5, 5.41) is 29.9. The van der Waals surface area contributed by atoms with Gasteiger partial charge in [-0.1, -0.05) is 13.8 Å². The number of hydrogen-bond donors (Lipinski definition) is 1. The fraction of sp³-hybridized carbons (Fsp3) is 0.462. The van der Waals surface area contributed by atoms with Crippen molar-refractivity contribution >= 4 is 11.4 Å². The first-order chi connectivity index (χ1) is 8.87. The van der Waals surface area contributed by atoms with Gasteiger partial charge in [-0.3, -0.25) is 10.1 Å². The van der Waals surface area contributed by atoms with Gasteiger partial charge in [0.2, 0.25) is 0 Å². The van der Waals surface area contributed by atoms with Crippen LogP contribution in [0.25, 0.3) is 0 Å². The first-order valence-corrected chi connectivity index (χ1v) is 6.03. The first-order valence-electron chi connectivity index (χ1n) is 6.03. The van der Waals surface area contributed by atoms with Gasteiger partial charge >= 0.3 is 0 Å². The minimum atomic E-state index is -0.733. The summed E-state index contributed by atoms with van der Waals surface area (Å²) in [6.45, 7) is 4.79. The lowest BCUT2D eigenvalue weighted by molar-refractivity contribution is -0.385. The Morgan fingerprint density at radius 1 is 1.53 bits per heavy atom. The number of anilines is 1. The van der Waals surface area contributed by atoms with E-state index in [0.29, 0.717) is 18.8 Å². The Hall–Kier alpha value is -2.13. The molecule has 1 aliphatic rings. The average Bonchev–Trinajstić information content (AvgIpc) is 2.33. The molecular weight excluding hydrogens is 246 g/mol. The van der Waals surface area contributed by atoms with Gasteiger partial charge in [-0.2, -0.15) is 5.26 Å². The van der Waals surface area contributed by atoms with Crippen LogP contribution in [0.15, 0.2) is 18.2 Å². The van der Waals surface area contributed by atoms with Crippen molar-refractivity contribution in [3.8, 4) is 6.07 Å². The third-order valence-electron chi connectivity index (χ3n) is 3.67. The van der Waals surface area contributed by atoms with E-state index < -0.39 is 10.5 Å². The van der Waals surface area contributed by atoms with Crippen LogP contribution in [0.1, 0.15) is 19.4 Å². The van der Waals surface area contributed by atoms with E-state index in [-0.39, 0.29) is 17.2 Å². The first kappa shape index (κ1) is 13.3. The second-order valence-electron chi connectivity index (χ2n) is 5.18. The van der Waals surface area contributed by atoms with E-state index in [9.17, 15) is 15.2 Å². The number of rotatable bonds is 3. The number of nitrogens with zero attached hydrogens (tertiary/aromatic N) is 3. The van der Waals surface area contributed by atoms with Crippen molar-refractivity contribution in [2.45, 2.75) is 19.4 Å². The minimum absolute atomic E-state index is 0.0494. The Labute approximate surface area is 111 Å². The van der Waals surface area contributed by atoms with Gasteiger partial charge in [-0.05, 0) is 18.1 Å². The summed E-state index contributed by atoms with van der Waals surface area (Å²) >= 11 is 0. The SMILES string of the molecule is CC(C)C1(O)CN(c2ccc(C#N)c([N+](=O)[O-])c2)C1. The highest BCUT2D eigenvalue weighted by Gasteiger charge is 2.44. The molecule has 0 spiro atoms. The third kappa shape index (κ3) is 2.25. The molecule has 1 aromatic carbocycles. The van der Waals surface area contributed by atoms with E-state index in [4.69, 9.17) is 5.26 Å². The second kappa shape index (κ2) is 4.52. The zero-order valence-corrected chi connectivity index (χ0v) is 10.8. The highest BCUT2D eigenvalue weighted by Crippen LogP contribution is 2.34. The van der Waals surface area contributed by atoms with Crippen LogP contribution in [-0.4, -0.2) is 28.7 Å². The molecule has 1 aliphatic heterocycles. The zero-order chi connectivity index (χ0) is 14.2. The minimum Gasteiger partial charge on any atom is -0.386 e. The molecule has 1 saturated heterocycles. The van der Waals surface area contributed by atoms with E-state index in [1.165, 1.54) is 12.1 Å². The molecule has 0 amide bonds. The molecule has 6 nitrogen and oxygen atoms in total. The van der Waals surface area contributed by atoms with Crippen LogP contribution in [0.5, 0.6) is 0 Å². The van der Waals surface area contributed by atoms with Gasteiger partial charge in [0.25, 0.3) is 5.69 Å². The number of aliphatic hydroxyl groups is 1. The number of nitriles is 1. The van der Waals surface area contributed by atoms with Crippen molar-refractivity contribution < 1.29 is 10.0 Å². The highest BCUT2D eigenvalue weighted by atomic mass is 16.6. The van der Waals surface area contributed by atoms with Gasteiger partial charge in [0.15, 0.2) is 0 Å². The zero-order valence-electron chi connectivity index (χ0n) is 10.8.